The van der Waals surface area contributed by atoms with Crippen molar-refractivity contribution in [3.8, 4) is 0 Å². The molecule has 2 saturated heterocycles. The molecule has 2 N–H and O–H groups in total. The van der Waals surface area contributed by atoms with Crippen molar-refractivity contribution in [3.05, 3.63) is 0 Å². The van der Waals surface area contributed by atoms with Crippen molar-refractivity contribution in [2.75, 3.05) is 46.5 Å². The highest BCUT2D eigenvalue weighted by atomic mass is 32.2. The Morgan fingerprint density at radius 1 is 1.52 bits per heavy atom. The molecule has 1 spiro atoms. The third-order valence-corrected chi connectivity index (χ3v) is 6.78. The predicted octanol–water partition coefficient (Wildman–Crippen LogP) is -1.31. The van der Waals surface area contributed by atoms with Crippen LogP contribution in [-0.2, 0) is 29.1 Å². The third kappa shape index (κ3) is 3.97. The molecule has 0 aromatic rings. The maximum absolute atomic E-state index is 12.6. The van der Waals surface area contributed by atoms with Crippen LogP contribution in [0.25, 0.3) is 0 Å². The molecule has 2 aliphatic rings. The topological polar surface area (TPSA) is 114 Å². The Kier molecular flexibility index (Phi) is 6.41. The van der Waals surface area contributed by atoms with Gasteiger partial charge in [-0.05, 0) is 20.3 Å². The van der Waals surface area contributed by atoms with E-state index in [0.717, 1.165) is 0 Å². The molecule has 10 heteroatoms. The van der Waals surface area contributed by atoms with Crippen molar-refractivity contribution < 1.29 is 27.5 Å². The van der Waals surface area contributed by atoms with Crippen molar-refractivity contribution in [2.45, 2.75) is 31.1 Å². The van der Waals surface area contributed by atoms with Crippen molar-refractivity contribution in [1.82, 2.24) is 14.9 Å². The van der Waals surface area contributed by atoms with Gasteiger partial charge in [-0.2, -0.15) is 4.31 Å². The summed E-state index contributed by atoms with van der Waals surface area (Å²) in [7, 11) is -2.03. The van der Waals surface area contributed by atoms with Crippen molar-refractivity contribution in [1.29, 1.82) is 0 Å². The van der Waals surface area contributed by atoms with Gasteiger partial charge in [0, 0.05) is 33.4 Å². The first kappa shape index (κ1) is 20.1. The number of nitrogens with one attached hydrogen (secondary N) is 2. The highest BCUT2D eigenvalue weighted by Gasteiger charge is 2.59. The number of hydrogen-bond acceptors (Lipinski definition) is 6. The van der Waals surface area contributed by atoms with E-state index in [4.69, 9.17) is 9.47 Å². The molecule has 9 nitrogen and oxygen atoms in total. The summed E-state index contributed by atoms with van der Waals surface area (Å²) in [4.78, 5) is 25.1. The normalized spacial score (nSPS) is 27.7. The van der Waals surface area contributed by atoms with Gasteiger partial charge < -0.3 is 20.1 Å². The van der Waals surface area contributed by atoms with Crippen LogP contribution < -0.4 is 10.6 Å². The third-order valence-electron chi connectivity index (χ3n) is 4.59. The van der Waals surface area contributed by atoms with Gasteiger partial charge in [0.05, 0.1) is 24.3 Å². The van der Waals surface area contributed by atoms with Crippen LogP contribution in [0.15, 0.2) is 0 Å². The molecule has 2 amide bonds. The quantitative estimate of drug-likeness (QED) is 0.533. The lowest BCUT2D eigenvalue weighted by Gasteiger charge is -2.36. The molecule has 2 heterocycles. The van der Waals surface area contributed by atoms with Crippen LogP contribution in [0.2, 0.25) is 0 Å². The number of morpholine rings is 1. The first-order valence-corrected chi connectivity index (χ1v) is 9.94. The van der Waals surface area contributed by atoms with Crippen LogP contribution in [0, 0.1) is 5.92 Å². The molecule has 2 rings (SSSR count). The van der Waals surface area contributed by atoms with Crippen LogP contribution >= 0.6 is 0 Å². The van der Waals surface area contributed by atoms with Crippen molar-refractivity contribution in [2.24, 2.45) is 5.92 Å². The van der Waals surface area contributed by atoms with Crippen LogP contribution in [0.5, 0.6) is 0 Å². The lowest BCUT2D eigenvalue weighted by atomic mass is 9.88. The number of nitrogens with zero attached hydrogens (tertiary/aromatic N) is 1. The van der Waals surface area contributed by atoms with E-state index < -0.39 is 32.7 Å². The molecule has 2 aliphatic heterocycles. The van der Waals surface area contributed by atoms with Crippen molar-refractivity contribution in [3.63, 3.8) is 0 Å². The number of hydrogen-bond donors (Lipinski definition) is 2. The van der Waals surface area contributed by atoms with Crippen LogP contribution in [0.4, 0.5) is 0 Å². The molecular formula is C15H27N3O6S. The van der Waals surface area contributed by atoms with E-state index in [2.05, 4.69) is 10.6 Å². The van der Waals surface area contributed by atoms with Gasteiger partial charge in [0.2, 0.25) is 15.9 Å². The fourth-order valence-electron chi connectivity index (χ4n) is 3.11. The molecule has 144 valence electrons. The number of methoxy groups -OCH3 is 1. The van der Waals surface area contributed by atoms with Crippen LogP contribution in [0.1, 0.15) is 20.3 Å². The highest BCUT2D eigenvalue weighted by Crippen LogP contribution is 2.35. The minimum absolute atomic E-state index is 0.0654. The molecule has 0 aromatic heterocycles. The van der Waals surface area contributed by atoms with Crippen molar-refractivity contribution >= 4 is 21.8 Å². The van der Waals surface area contributed by atoms with Gasteiger partial charge in [-0.15, -0.1) is 0 Å². The zero-order valence-corrected chi connectivity index (χ0v) is 15.7. The minimum atomic E-state index is -3.60. The maximum atomic E-state index is 12.6. The summed E-state index contributed by atoms with van der Waals surface area (Å²) in [5.74, 6) is -1.70. The molecule has 2 atom stereocenters. The number of carbonyl (C=O) groups is 2. The highest BCUT2D eigenvalue weighted by molar-refractivity contribution is 7.89. The summed E-state index contributed by atoms with van der Waals surface area (Å²) in [6, 6.07) is 0. The Morgan fingerprint density at radius 3 is 2.84 bits per heavy atom. The zero-order valence-electron chi connectivity index (χ0n) is 14.9. The molecule has 0 saturated carbocycles. The number of rotatable bonds is 7. The summed E-state index contributed by atoms with van der Waals surface area (Å²) in [5.41, 5.74) is -1.47. The second-order valence-corrected chi connectivity index (χ2v) is 9.06. The average molecular weight is 377 g/mol. The van der Waals surface area contributed by atoms with E-state index in [1.165, 1.54) is 4.31 Å². The summed E-state index contributed by atoms with van der Waals surface area (Å²) >= 11 is 0. The molecule has 2 fully saturated rings. The van der Waals surface area contributed by atoms with E-state index in [0.29, 0.717) is 26.1 Å². The molecule has 0 unspecified atom stereocenters. The summed E-state index contributed by atoms with van der Waals surface area (Å²) < 4.78 is 36.9. The number of amides is 2. The van der Waals surface area contributed by atoms with Gasteiger partial charge in [0.25, 0.3) is 5.91 Å². The molecule has 0 radical (unpaired) electrons. The SMILES string of the molecule is COCCCNC(=O)[C@H]1CN(S(=O)(=O)C(C)C)C[C@@]12OCCNC2=O. The predicted molar refractivity (Wildman–Crippen MR) is 90.3 cm³/mol. The average Bonchev–Trinajstić information content (AvgIpc) is 2.95. The summed E-state index contributed by atoms with van der Waals surface area (Å²) in [6.45, 7) is 4.41. The Bertz CT molecular complexity index is 608. The Labute approximate surface area is 148 Å². The maximum Gasteiger partial charge on any atom is 0.254 e. The lowest BCUT2D eigenvalue weighted by Crippen LogP contribution is -2.62. The van der Waals surface area contributed by atoms with Gasteiger partial charge in [-0.1, -0.05) is 0 Å². The number of sulfonamides is 1. The molecular weight excluding hydrogens is 350 g/mol. The lowest BCUT2D eigenvalue weighted by molar-refractivity contribution is -0.163. The number of carbonyl (C=O) groups excluding carboxylic acids is 2. The molecule has 0 aromatic carbocycles. The first-order valence-electron chi connectivity index (χ1n) is 8.43. The van der Waals surface area contributed by atoms with E-state index in [-0.39, 0.29) is 25.6 Å². The second-order valence-electron chi connectivity index (χ2n) is 6.57. The zero-order chi connectivity index (χ0) is 18.7. The summed E-state index contributed by atoms with van der Waals surface area (Å²) in [6.07, 6.45) is 0.628. The fourth-order valence-corrected chi connectivity index (χ4v) is 4.44. The standard InChI is InChI=1S/C15H27N3O6S/c1-11(2)25(21,22)18-9-12(13(19)16-5-4-7-23-3)15(10-18)14(20)17-6-8-24-15/h11-12H,4-10H2,1-3H3,(H,16,19)(H,17,20)/t12-,15-/m1/s1. The molecule has 25 heavy (non-hydrogen) atoms. The summed E-state index contributed by atoms with van der Waals surface area (Å²) in [5, 5.41) is 4.81. The van der Waals surface area contributed by atoms with E-state index >= 15 is 0 Å². The first-order chi connectivity index (χ1) is 11.8. The molecule has 0 aliphatic carbocycles. The van der Waals surface area contributed by atoms with Gasteiger partial charge >= 0.3 is 0 Å². The minimum Gasteiger partial charge on any atom is -0.385 e. The Hall–Kier alpha value is -1.23. The fraction of sp³-hybridized carbons (Fsp3) is 0.867. The smallest absolute Gasteiger partial charge is 0.254 e. The monoisotopic (exact) mass is 377 g/mol. The van der Waals surface area contributed by atoms with Gasteiger partial charge in [0.15, 0.2) is 5.60 Å². The largest absolute Gasteiger partial charge is 0.385 e. The van der Waals surface area contributed by atoms with Gasteiger partial charge in [0.1, 0.15) is 0 Å². The van der Waals surface area contributed by atoms with E-state index in [1.54, 1.807) is 21.0 Å². The van der Waals surface area contributed by atoms with Crippen LogP contribution in [0.3, 0.4) is 0 Å². The van der Waals surface area contributed by atoms with Crippen LogP contribution in [-0.4, -0.2) is 81.9 Å². The second kappa shape index (κ2) is 7.98. The van der Waals surface area contributed by atoms with E-state index in [1.807, 2.05) is 0 Å². The van der Waals surface area contributed by atoms with Gasteiger partial charge in [-0.25, -0.2) is 8.42 Å². The Balaban J connectivity index is 2.21. The molecule has 0 bridgehead atoms. The number of ether oxygens (including phenoxy) is 2. The Morgan fingerprint density at radius 2 is 2.24 bits per heavy atom. The van der Waals surface area contributed by atoms with E-state index in [9.17, 15) is 18.0 Å². The van der Waals surface area contributed by atoms with Gasteiger partial charge in [-0.3, -0.25) is 9.59 Å².